The summed E-state index contributed by atoms with van der Waals surface area (Å²) in [7, 11) is 1.94. The molecule has 1 saturated carbocycles. The average Bonchev–Trinajstić information content (AvgIpc) is 3.34. The lowest BCUT2D eigenvalue weighted by Crippen LogP contribution is -2.00. The normalized spacial score (nSPS) is 17.5. The Hall–Kier alpha value is -2.49. The Labute approximate surface area is 142 Å². The quantitative estimate of drug-likeness (QED) is 0.709. The minimum atomic E-state index is 0. The lowest BCUT2D eigenvalue weighted by Gasteiger charge is -2.12. The summed E-state index contributed by atoms with van der Waals surface area (Å²) in [5, 5.41) is 8.27. The number of hydrogen-bond donors (Lipinski definition) is 0. The zero-order valence-corrected chi connectivity index (χ0v) is 13.9. The van der Waals surface area contributed by atoms with Crippen LogP contribution in [-0.2, 0) is 13.5 Å². The van der Waals surface area contributed by atoms with E-state index in [1.54, 1.807) is 0 Å². The Morgan fingerprint density at radius 1 is 1.12 bits per heavy atom. The largest absolute Gasteiger partial charge is 0.257 e. The summed E-state index contributed by atoms with van der Waals surface area (Å²) in [6.45, 7) is 0. The first kappa shape index (κ1) is 13.9. The van der Waals surface area contributed by atoms with Crippen molar-refractivity contribution in [3.8, 4) is 0 Å². The molecule has 0 unspecified atom stereocenters. The van der Waals surface area contributed by atoms with E-state index in [1.165, 1.54) is 53.8 Å². The molecular formula is C20H22N4. The summed E-state index contributed by atoms with van der Waals surface area (Å²) in [4.78, 5) is 5.00. The van der Waals surface area contributed by atoms with Crippen molar-refractivity contribution in [3.63, 3.8) is 0 Å². The van der Waals surface area contributed by atoms with E-state index in [9.17, 15) is 0 Å². The highest BCUT2D eigenvalue weighted by Crippen LogP contribution is 2.37. The zero-order valence-electron chi connectivity index (χ0n) is 13.9. The topological polar surface area (TPSA) is 43.6 Å². The molecule has 0 N–H and O–H groups in total. The van der Waals surface area contributed by atoms with Gasteiger partial charge in [-0.2, -0.15) is 0 Å². The number of pyridine rings is 1. The molecule has 4 nitrogen and oxygen atoms in total. The monoisotopic (exact) mass is 318 g/mol. The van der Waals surface area contributed by atoms with Crippen LogP contribution < -0.4 is 0 Å². The van der Waals surface area contributed by atoms with Crippen LogP contribution in [0.4, 0.5) is 0 Å². The van der Waals surface area contributed by atoms with Crippen LogP contribution in [0.25, 0.3) is 16.6 Å². The second-order valence-electron chi connectivity index (χ2n) is 6.95. The molecule has 2 aliphatic carbocycles. The molecule has 0 saturated heterocycles. The standard InChI is InChI=1S/C20H20N4.H2/c1-24-20-12-14(6-9-19(20)22-23-24)15-7-11-18-16(15)8-10-17(21-18)13-4-2-3-5-13;/h6-10,12-13H,2-5,11H2,1H3;1H. The molecule has 0 spiro atoms. The van der Waals surface area contributed by atoms with Crippen molar-refractivity contribution in [2.75, 3.05) is 0 Å². The van der Waals surface area contributed by atoms with Gasteiger partial charge in [0.05, 0.1) is 11.2 Å². The third kappa shape index (κ3) is 2.09. The molecule has 2 aliphatic rings. The maximum atomic E-state index is 5.00. The van der Waals surface area contributed by atoms with Crippen LogP contribution in [0, 0.1) is 0 Å². The van der Waals surface area contributed by atoms with Gasteiger partial charge in [-0.05, 0) is 42.2 Å². The summed E-state index contributed by atoms with van der Waals surface area (Å²) < 4.78 is 1.83. The van der Waals surface area contributed by atoms with Crippen LogP contribution in [-0.4, -0.2) is 20.0 Å². The lowest BCUT2D eigenvalue weighted by atomic mass is 9.98. The predicted octanol–water partition coefficient (Wildman–Crippen LogP) is 4.25. The first-order valence-corrected chi connectivity index (χ1v) is 8.80. The van der Waals surface area contributed by atoms with Crippen molar-refractivity contribution in [2.45, 2.75) is 38.0 Å². The number of nitrogens with zero attached hydrogens (tertiary/aromatic N) is 4. The van der Waals surface area contributed by atoms with Crippen LogP contribution in [0.1, 0.15) is 55.5 Å². The fourth-order valence-electron chi connectivity index (χ4n) is 4.15. The van der Waals surface area contributed by atoms with Gasteiger partial charge >= 0.3 is 0 Å². The van der Waals surface area contributed by atoms with Gasteiger partial charge in [0.15, 0.2) is 0 Å². The van der Waals surface area contributed by atoms with Crippen molar-refractivity contribution in [2.24, 2.45) is 7.05 Å². The molecule has 0 atom stereocenters. The molecular weight excluding hydrogens is 296 g/mol. The van der Waals surface area contributed by atoms with Gasteiger partial charge in [-0.3, -0.25) is 4.98 Å². The predicted molar refractivity (Wildman–Crippen MR) is 96.9 cm³/mol. The van der Waals surface area contributed by atoms with Gasteiger partial charge in [0, 0.05) is 32.1 Å². The van der Waals surface area contributed by atoms with E-state index in [0.29, 0.717) is 5.92 Å². The number of aryl methyl sites for hydroxylation is 1. The molecule has 2 aromatic heterocycles. The molecule has 5 rings (SSSR count). The Bertz CT molecular complexity index is 967. The molecule has 3 aromatic rings. The minimum Gasteiger partial charge on any atom is -0.257 e. The van der Waals surface area contributed by atoms with Crippen LogP contribution in [0.15, 0.2) is 36.4 Å². The molecule has 0 bridgehead atoms. The maximum absolute atomic E-state index is 5.00. The Kier molecular flexibility index (Phi) is 3.05. The molecule has 4 heteroatoms. The Morgan fingerprint density at radius 2 is 2.00 bits per heavy atom. The number of rotatable bonds is 2. The molecule has 24 heavy (non-hydrogen) atoms. The summed E-state index contributed by atoms with van der Waals surface area (Å²) >= 11 is 0. The SMILES string of the molecule is Cn1nnc2ccc(C3=CCc4nc(C5CCCC5)ccc43)cc21.[HH]. The van der Waals surface area contributed by atoms with Crippen molar-refractivity contribution < 1.29 is 1.43 Å². The number of allylic oxidation sites excluding steroid dienone is 1. The lowest BCUT2D eigenvalue weighted by molar-refractivity contribution is 0.693. The van der Waals surface area contributed by atoms with Crippen LogP contribution in [0.2, 0.25) is 0 Å². The molecule has 1 aromatic carbocycles. The Balaban J connectivity index is 0.00000157. The Morgan fingerprint density at radius 3 is 2.88 bits per heavy atom. The highest BCUT2D eigenvalue weighted by molar-refractivity contribution is 5.88. The van der Waals surface area contributed by atoms with Gasteiger partial charge in [0.25, 0.3) is 0 Å². The van der Waals surface area contributed by atoms with E-state index >= 15 is 0 Å². The van der Waals surface area contributed by atoms with Gasteiger partial charge in [-0.15, -0.1) is 5.10 Å². The van der Waals surface area contributed by atoms with Crippen molar-refractivity contribution in [1.82, 2.24) is 20.0 Å². The fraction of sp³-hybridized carbons (Fsp3) is 0.350. The van der Waals surface area contributed by atoms with Gasteiger partial charge in [-0.25, -0.2) is 4.68 Å². The number of fused-ring (bicyclic) bond motifs is 2. The zero-order chi connectivity index (χ0) is 16.1. The average molecular weight is 318 g/mol. The number of benzene rings is 1. The summed E-state index contributed by atoms with van der Waals surface area (Å²) in [6, 6.07) is 10.9. The summed E-state index contributed by atoms with van der Waals surface area (Å²) in [5.41, 5.74) is 8.34. The van der Waals surface area contributed by atoms with Gasteiger partial charge in [0.2, 0.25) is 0 Å². The summed E-state index contributed by atoms with van der Waals surface area (Å²) in [5.74, 6) is 0.677. The first-order valence-electron chi connectivity index (χ1n) is 8.80. The molecule has 2 heterocycles. The van der Waals surface area contributed by atoms with Crippen LogP contribution in [0.3, 0.4) is 0 Å². The third-order valence-corrected chi connectivity index (χ3v) is 5.48. The molecule has 122 valence electrons. The molecule has 1 fully saturated rings. The summed E-state index contributed by atoms with van der Waals surface area (Å²) in [6.07, 6.45) is 8.55. The minimum absolute atomic E-state index is 0. The second-order valence-corrected chi connectivity index (χ2v) is 6.95. The number of hydrogen-bond acceptors (Lipinski definition) is 3. The highest BCUT2D eigenvalue weighted by atomic mass is 15.4. The fourth-order valence-corrected chi connectivity index (χ4v) is 4.15. The third-order valence-electron chi connectivity index (χ3n) is 5.48. The van der Waals surface area contributed by atoms with Crippen molar-refractivity contribution in [3.05, 3.63) is 58.9 Å². The van der Waals surface area contributed by atoms with E-state index < -0.39 is 0 Å². The second kappa shape index (κ2) is 5.26. The number of aromatic nitrogens is 4. The highest BCUT2D eigenvalue weighted by Gasteiger charge is 2.22. The van der Waals surface area contributed by atoms with E-state index in [2.05, 4.69) is 46.7 Å². The van der Waals surface area contributed by atoms with Crippen molar-refractivity contribution in [1.29, 1.82) is 0 Å². The van der Waals surface area contributed by atoms with Gasteiger partial charge in [-0.1, -0.05) is 36.3 Å². The van der Waals surface area contributed by atoms with Crippen molar-refractivity contribution >= 4 is 16.6 Å². The van der Waals surface area contributed by atoms with E-state index in [1.807, 2.05) is 11.7 Å². The first-order chi connectivity index (χ1) is 11.8. The van der Waals surface area contributed by atoms with Crippen LogP contribution in [0.5, 0.6) is 0 Å². The van der Waals surface area contributed by atoms with Gasteiger partial charge in [0.1, 0.15) is 5.52 Å². The molecule has 0 radical (unpaired) electrons. The maximum Gasteiger partial charge on any atom is 0.113 e. The van der Waals surface area contributed by atoms with E-state index in [-0.39, 0.29) is 1.43 Å². The van der Waals surface area contributed by atoms with Gasteiger partial charge < -0.3 is 0 Å². The van der Waals surface area contributed by atoms with E-state index in [4.69, 9.17) is 4.98 Å². The molecule has 0 aliphatic heterocycles. The van der Waals surface area contributed by atoms with E-state index in [0.717, 1.165) is 17.5 Å². The van der Waals surface area contributed by atoms with Crippen LogP contribution >= 0.6 is 0 Å². The smallest absolute Gasteiger partial charge is 0.113 e. The molecule has 0 amide bonds.